The number of fused-ring (bicyclic) bond motifs is 2. The number of phenolic OH excluding ortho intramolecular Hbond substituents is 1. The Labute approximate surface area is 226 Å². The van der Waals surface area contributed by atoms with Gasteiger partial charge in [-0.05, 0) is 0 Å². The first-order chi connectivity index (χ1) is 18.8. The number of hydrogen-bond acceptors (Lipinski definition) is 5. The van der Waals surface area contributed by atoms with E-state index in [2.05, 4.69) is 0 Å². The maximum absolute atomic E-state index is 12.2. The van der Waals surface area contributed by atoms with Gasteiger partial charge in [0.05, 0.1) is 0 Å². The Bertz CT molecular complexity index is 1770. The number of hydrogen-bond donors (Lipinski definition) is 2. The van der Waals surface area contributed by atoms with Crippen LogP contribution in [-0.4, -0.2) is 49.4 Å². The van der Waals surface area contributed by atoms with Crippen LogP contribution in [-0.2, 0) is 17.8 Å². The number of aromatic carboxylic acids is 1. The van der Waals surface area contributed by atoms with E-state index in [0.29, 0.717) is 46.4 Å². The van der Waals surface area contributed by atoms with Gasteiger partial charge >= 0.3 is 187 Å². The number of aromatic hydroxyl groups is 1. The van der Waals surface area contributed by atoms with E-state index in [0.717, 1.165) is 29.2 Å². The van der Waals surface area contributed by atoms with Crippen LogP contribution in [0.2, 0.25) is 0 Å². The summed E-state index contributed by atoms with van der Waals surface area (Å²) in [5.74, 6) is -0.369. The van der Waals surface area contributed by atoms with Crippen LogP contribution in [0.4, 0.5) is 0 Å². The molecule has 0 unspecified atom stereocenters. The van der Waals surface area contributed by atoms with Gasteiger partial charge in [-0.15, -0.1) is 0 Å². The van der Waals surface area contributed by atoms with Crippen LogP contribution in [0.15, 0.2) is 83.3 Å². The maximum atomic E-state index is 12.2. The standard InChI is InChI=1S/C31H27BN2O5/c1-33(2)21-12-13-24-28(15-21)39-29-16-27(35)20(18-34(3)17-19-8-4-7-11-26(19)32-38)14-25(29)30(24)22-9-5-6-10-23(22)31(36)37/h4-16H,17-18H2,1-3H3,(H,36,37)/p+1. The average Bonchev–Trinajstić information content (AvgIpc) is 2.92. The summed E-state index contributed by atoms with van der Waals surface area (Å²) < 4.78 is 19.7. The van der Waals surface area contributed by atoms with Crippen molar-refractivity contribution in [3.63, 3.8) is 0 Å². The van der Waals surface area contributed by atoms with Crippen molar-refractivity contribution in [2.45, 2.75) is 13.1 Å². The Morgan fingerprint density at radius 1 is 0.923 bits per heavy atom. The van der Waals surface area contributed by atoms with E-state index in [9.17, 15) is 19.7 Å². The first-order valence-corrected chi connectivity index (χ1v) is 12.5. The predicted molar refractivity (Wildman–Crippen MR) is 152 cm³/mol. The van der Waals surface area contributed by atoms with Crippen LogP contribution >= 0.6 is 0 Å². The molecule has 2 aliphatic rings. The molecule has 3 aromatic rings. The molecule has 0 atom stereocenters. The van der Waals surface area contributed by atoms with E-state index in [-0.39, 0.29) is 11.3 Å². The first kappa shape index (κ1) is 26.1. The molecule has 0 saturated carbocycles. The summed E-state index contributed by atoms with van der Waals surface area (Å²) in [6, 6.07) is 23.6. The van der Waals surface area contributed by atoms with Crippen molar-refractivity contribution in [2.75, 3.05) is 21.1 Å². The molecule has 0 fully saturated rings. The molecule has 5 rings (SSSR count). The molecular formula is C31H28BN2O5+. The zero-order chi connectivity index (χ0) is 27.7. The normalized spacial score (nSPS) is 11.2. The molecule has 0 amide bonds. The molecule has 1 heterocycles. The number of phenols is 1. The predicted octanol–water partition coefficient (Wildman–Crippen LogP) is 3.95. The summed E-state index contributed by atoms with van der Waals surface area (Å²) in [6.07, 6.45) is 0. The second-order valence-electron chi connectivity index (χ2n) is 9.87. The van der Waals surface area contributed by atoms with E-state index >= 15 is 0 Å². The van der Waals surface area contributed by atoms with Gasteiger partial charge in [0.25, 0.3) is 0 Å². The monoisotopic (exact) mass is 519 g/mol. The third-order valence-corrected chi connectivity index (χ3v) is 6.91. The molecule has 0 bridgehead atoms. The number of carbonyl (C=O) groups is 1. The van der Waals surface area contributed by atoms with Gasteiger partial charge in [-0.25, -0.2) is 9.37 Å². The number of carboxylic acids is 1. The van der Waals surface area contributed by atoms with E-state index < -0.39 is 5.97 Å². The minimum absolute atomic E-state index is 0.0716. The van der Waals surface area contributed by atoms with Crippen LogP contribution < -0.4 is 15.4 Å². The Balaban J connectivity index is 1.71. The number of rotatable bonds is 7. The molecule has 194 valence electrons. The van der Waals surface area contributed by atoms with E-state index in [1.807, 2.05) is 79.1 Å². The fourth-order valence-corrected chi connectivity index (χ4v) is 4.97. The molecule has 0 saturated heterocycles. The molecular weight excluding hydrogens is 491 g/mol. The van der Waals surface area contributed by atoms with Crippen molar-refractivity contribution in [3.8, 4) is 28.2 Å². The number of carboxylic acid groups (broad SMARTS) is 1. The van der Waals surface area contributed by atoms with E-state index in [4.69, 9.17) is 4.42 Å². The molecule has 8 heteroatoms. The van der Waals surface area contributed by atoms with Gasteiger partial charge in [0.15, 0.2) is 0 Å². The topological polar surface area (TPSA) is 94.0 Å². The van der Waals surface area contributed by atoms with Crippen LogP contribution in [0.5, 0.6) is 5.75 Å². The van der Waals surface area contributed by atoms with Gasteiger partial charge < -0.3 is 5.11 Å². The van der Waals surface area contributed by atoms with Gasteiger partial charge in [0.2, 0.25) is 5.36 Å². The van der Waals surface area contributed by atoms with Crippen molar-refractivity contribution in [1.82, 2.24) is 9.48 Å². The van der Waals surface area contributed by atoms with Gasteiger partial charge in [0.1, 0.15) is 14.1 Å². The summed E-state index contributed by atoms with van der Waals surface area (Å²) >= 11 is 0. The first-order valence-electron chi connectivity index (χ1n) is 12.5. The fourth-order valence-electron chi connectivity index (χ4n) is 4.97. The second-order valence-corrected chi connectivity index (χ2v) is 9.87. The molecule has 7 nitrogen and oxygen atoms in total. The van der Waals surface area contributed by atoms with E-state index in [1.165, 1.54) is 0 Å². The molecule has 3 aromatic carbocycles. The average molecular weight is 519 g/mol. The van der Waals surface area contributed by atoms with E-state index in [1.54, 1.807) is 30.3 Å². The van der Waals surface area contributed by atoms with Crippen LogP contribution in [0, 0.1) is 0 Å². The summed E-state index contributed by atoms with van der Waals surface area (Å²) in [5, 5.41) is 22.6. The van der Waals surface area contributed by atoms with Gasteiger partial charge in [-0.1, -0.05) is 6.07 Å². The van der Waals surface area contributed by atoms with Crippen molar-refractivity contribution in [1.29, 1.82) is 0 Å². The Morgan fingerprint density at radius 2 is 1.64 bits per heavy atom. The zero-order valence-electron chi connectivity index (χ0n) is 22.0. The molecule has 2 N–H and O–H groups in total. The van der Waals surface area contributed by atoms with Crippen molar-refractivity contribution < 1.29 is 24.1 Å². The van der Waals surface area contributed by atoms with Crippen molar-refractivity contribution in [2.24, 2.45) is 0 Å². The molecule has 1 aliphatic heterocycles. The summed E-state index contributed by atoms with van der Waals surface area (Å²) in [5.41, 5.74) is 4.87. The SMILES string of the molecule is CN(Cc1cc2c(-c3ccccc3C(=O)O)c3ccc(=[N+](C)C)cc-3oc2cc1O)Cc1ccccc1B=O. The molecule has 39 heavy (non-hydrogen) atoms. The Hall–Kier alpha value is -4.56. The second kappa shape index (κ2) is 10.7. The van der Waals surface area contributed by atoms with Crippen LogP contribution in [0.3, 0.4) is 0 Å². The van der Waals surface area contributed by atoms with Gasteiger partial charge in [-0.2, -0.15) is 0 Å². The van der Waals surface area contributed by atoms with Crippen molar-refractivity contribution >= 4 is 29.6 Å². The minimum atomic E-state index is -1.02. The number of benzene rings is 4. The fraction of sp³-hybridized carbons (Fsp3) is 0.161. The van der Waals surface area contributed by atoms with Crippen molar-refractivity contribution in [3.05, 3.63) is 101 Å². The van der Waals surface area contributed by atoms with Gasteiger partial charge in [0, 0.05) is 0 Å². The summed E-state index contributed by atoms with van der Waals surface area (Å²) in [4.78, 5) is 14.2. The quantitative estimate of drug-likeness (QED) is 0.192. The molecule has 1 aliphatic carbocycles. The summed E-state index contributed by atoms with van der Waals surface area (Å²) in [6.45, 7) is 0.906. The zero-order valence-corrected chi connectivity index (χ0v) is 22.0. The Morgan fingerprint density at radius 3 is 2.38 bits per heavy atom. The van der Waals surface area contributed by atoms with Crippen LogP contribution in [0.25, 0.3) is 33.4 Å². The Kier molecular flexibility index (Phi) is 7.13. The van der Waals surface area contributed by atoms with Crippen LogP contribution in [0.1, 0.15) is 21.5 Å². The third-order valence-electron chi connectivity index (χ3n) is 6.91. The third kappa shape index (κ3) is 5.11. The van der Waals surface area contributed by atoms with Gasteiger partial charge in [-0.3, -0.25) is 0 Å². The molecule has 0 spiro atoms. The molecule has 0 aromatic heterocycles. The number of nitrogens with zero attached hydrogens (tertiary/aromatic N) is 2. The summed E-state index contributed by atoms with van der Waals surface area (Å²) in [7, 11) is 6.63. The molecule has 0 radical (unpaired) electrons.